The molecule has 1 heteroatoms. The predicted octanol–water partition coefficient (Wildman–Crippen LogP) is 3.06. The molecule has 1 unspecified atom stereocenters. The van der Waals surface area contributed by atoms with Crippen LogP contribution in [0.25, 0.3) is 0 Å². The van der Waals surface area contributed by atoms with Gasteiger partial charge in [0.25, 0.3) is 0 Å². The lowest BCUT2D eigenvalue weighted by molar-refractivity contribution is 0.664. The molecule has 0 aromatic heterocycles. The molecule has 1 fully saturated rings. The number of nitrogens with one attached hydrogen (secondary N) is 1. The van der Waals surface area contributed by atoms with E-state index in [4.69, 9.17) is 0 Å². The molecule has 0 aromatic carbocycles. The summed E-state index contributed by atoms with van der Waals surface area (Å²) in [6.07, 6.45) is 2.75. The largest absolute Gasteiger partial charge is 0.314 e. The van der Waals surface area contributed by atoms with Crippen LogP contribution in [0.2, 0.25) is 0 Å². The van der Waals surface area contributed by atoms with E-state index in [0.717, 1.165) is 6.04 Å². The minimum Gasteiger partial charge on any atom is -0.314 e. The van der Waals surface area contributed by atoms with Crippen LogP contribution in [0, 0.1) is 0 Å². The summed E-state index contributed by atoms with van der Waals surface area (Å²) >= 11 is 0. The van der Waals surface area contributed by atoms with Crippen molar-refractivity contribution < 1.29 is 1.43 Å². The number of hydrogen-bond donors (Lipinski definition) is 1. The normalized spacial score (nSPS) is 21.9. The number of hydrogen-bond acceptors (Lipinski definition) is 1. The van der Waals surface area contributed by atoms with Gasteiger partial charge in [0, 0.05) is 7.47 Å². The number of rotatable bonds is 0. The Kier molecular flexibility index (Phi) is 14.8. The topological polar surface area (TPSA) is 12.0 Å². The molecule has 0 radical (unpaired) electrons. The van der Waals surface area contributed by atoms with Crippen LogP contribution in [0.1, 0.15) is 48.9 Å². The molecule has 0 saturated carbocycles. The standard InChI is InChI=1S/C5H11N.2C2H6.H2/c1-5-3-2-4-6-5;2*1-2;/h5-6H,2-4H2,1H3;2*1-2H3;1H. The van der Waals surface area contributed by atoms with E-state index in [1.807, 2.05) is 27.7 Å². The van der Waals surface area contributed by atoms with E-state index < -0.39 is 0 Å². The lowest BCUT2D eigenvalue weighted by Gasteiger charge is -1.95. The molecular formula is C9H25N. The summed E-state index contributed by atoms with van der Waals surface area (Å²) in [5, 5.41) is 3.32. The molecule has 0 aliphatic carbocycles. The second-order valence-electron chi connectivity index (χ2n) is 2.00. The van der Waals surface area contributed by atoms with Crippen LogP contribution in [-0.2, 0) is 0 Å². The molecule has 1 heterocycles. The van der Waals surface area contributed by atoms with Crippen molar-refractivity contribution in [1.82, 2.24) is 5.32 Å². The lowest BCUT2D eigenvalue weighted by atomic mass is 10.3. The molecule has 0 amide bonds. The molecule has 1 aliphatic rings. The highest BCUT2D eigenvalue weighted by atomic mass is 14.9. The zero-order valence-corrected chi connectivity index (χ0v) is 8.20. The van der Waals surface area contributed by atoms with E-state index in [2.05, 4.69) is 12.2 Å². The average molecular weight is 147 g/mol. The Bertz CT molecular complexity index is 42.8. The zero-order valence-electron chi connectivity index (χ0n) is 8.20. The molecule has 1 saturated heterocycles. The van der Waals surface area contributed by atoms with Gasteiger partial charge in [0.1, 0.15) is 0 Å². The highest BCUT2D eigenvalue weighted by Crippen LogP contribution is 2.01. The van der Waals surface area contributed by atoms with Crippen molar-refractivity contribution in [2.45, 2.75) is 53.5 Å². The predicted molar refractivity (Wildman–Crippen MR) is 51.5 cm³/mol. The van der Waals surface area contributed by atoms with Gasteiger partial charge < -0.3 is 5.32 Å². The van der Waals surface area contributed by atoms with Gasteiger partial charge in [0.05, 0.1) is 0 Å². The maximum atomic E-state index is 3.32. The first-order chi connectivity index (χ1) is 4.89. The van der Waals surface area contributed by atoms with E-state index in [-0.39, 0.29) is 1.43 Å². The maximum absolute atomic E-state index is 3.32. The average Bonchev–Trinajstić information content (AvgIpc) is 2.48. The Morgan fingerprint density at radius 1 is 1.20 bits per heavy atom. The summed E-state index contributed by atoms with van der Waals surface area (Å²) in [4.78, 5) is 0. The Labute approximate surface area is 67.7 Å². The molecule has 0 bridgehead atoms. The zero-order chi connectivity index (χ0) is 8.41. The molecule has 10 heavy (non-hydrogen) atoms. The molecular weight excluding hydrogens is 122 g/mol. The van der Waals surface area contributed by atoms with Crippen molar-refractivity contribution in [1.29, 1.82) is 0 Å². The highest BCUT2D eigenvalue weighted by molar-refractivity contribution is 4.67. The third-order valence-corrected chi connectivity index (χ3v) is 1.31. The van der Waals surface area contributed by atoms with Gasteiger partial charge in [-0.1, -0.05) is 27.7 Å². The Hall–Kier alpha value is -0.0400. The third kappa shape index (κ3) is 7.96. The minimum atomic E-state index is 0. The van der Waals surface area contributed by atoms with Crippen LogP contribution < -0.4 is 5.32 Å². The highest BCUT2D eigenvalue weighted by Gasteiger charge is 2.05. The van der Waals surface area contributed by atoms with Crippen LogP contribution in [0.5, 0.6) is 0 Å². The minimum absolute atomic E-state index is 0. The van der Waals surface area contributed by atoms with Crippen molar-refractivity contribution in [2.75, 3.05) is 6.54 Å². The van der Waals surface area contributed by atoms with Crippen molar-refractivity contribution >= 4 is 0 Å². The fourth-order valence-electron chi connectivity index (χ4n) is 0.859. The van der Waals surface area contributed by atoms with Crippen LogP contribution in [0.3, 0.4) is 0 Å². The second kappa shape index (κ2) is 11.7. The quantitative estimate of drug-likeness (QED) is 0.555. The summed E-state index contributed by atoms with van der Waals surface area (Å²) in [7, 11) is 0. The molecule has 1 rings (SSSR count). The summed E-state index contributed by atoms with van der Waals surface area (Å²) in [6, 6.07) is 0.796. The van der Waals surface area contributed by atoms with Crippen LogP contribution >= 0.6 is 0 Å². The van der Waals surface area contributed by atoms with E-state index in [0.29, 0.717) is 0 Å². The molecule has 1 nitrogen and oxygen atoms in total. The molecule has 1 N–H and O–H groups in total. The lowest BCUT2D eigenvalue weighted by Crippen LogP contribution is -2.16. The van der Waals surface area contributed by atoms with Gasteiger partial charge in [0.2, 0.25) is 0 Å². The smallest absolute Gasteiger partial charge is 0.00391 e. The Morgan fingerprint density at radius 2 is 1.70 bits per heavy atom. The summed E-state index contributed by atoms with van der Waals surface area (Å²) in [6.45, 7) is 11.5. The van der Waals surface area contributed by atoms with E-state index >= 15 is 0 Å². The van der Waals surface area contributed by atoms with E-state index in [1.165, 1.54) is 19.4 Å². The van der Waals surface area contributed by atoms with Crippen LogP contribution in [0.15, 0.2) is 0 Å². The van der Waals surface area contributed by atoms with Gasteiger partial charge >= 0.3 is 0 Å². The summed E-state index contributed by atoms with van der Waals surface area (Å²) < 4.78 is 0. The van der Waals surface area contributed by atoms with Crippen molar-refractivity contribution in [3.63, 3.8) is 0 Å². The Balaban J connectivity index is -0.000000114. The molecule has 1 aliphatic heterocycles. The fraction of sp³-hybridized carbons (Fsp3) is 1.00. The van der Waals surface area contributed by atoms with E-state index in [1.54, 1.807) is 0 Å². The van der Waals surface area contributed by atoms with Crippen molar-refractivity contribution in [2.24, 2.45) is 0 Å². The molecule has 0 spiro atoms. The summed E-state index contributed by atoms with van der Waals surface area (Å²) in [5.41, 5.74) is 0. The third-order valence-electron chi connectivity index (χ3n) is 1.31. The summed E-state index contributed by atoms with van der Waals surface area (Å²) in [5.74, 6) is 0. The van der Waals surface area contributed by atoms with Crippen LogP contribution in [0.4, 0.5) is 0 Å². The van der Waals surface area contributed by atoms with Crippen molar-refractivity contribution in [3.8, 4) is 0 Å². The Morgan fingerprint density at radius 3 is 1.80 bits per heavy atom. The molecule has 1 atom stereocenters. The van der Waals surface area contributed by atoms with Crippen LogP contribution in [-0.4, -0.2) is 12.6 Å². The fourth-order valence-corrected chi connectivity index (χ4v) is 0.859. The van der Waals surface area contributed by atoms with Gasteiger partial charge in [-0.3, -0.25) is 0 Å². The maximum Gasteiger partial charge on any atom is 0.00391 e. The molecule has 66 valence electrons. The van der Waals surface area contributed by atoms with Gasteiger partial charge in [0.15, 0.2) is 0 Å². The SMILES string of the molecule is CC.CC.CC1CCCN1.[HH]. The second-order valence-corrected chi connectivity index (χ2v) is 2.00. The van der Waals surface area contributed by atoms with Gasteiger partial charge in [-0.25, -0.2) is 0 Å². The van der Waals surface area contributed by atoms with Crippen molar-refractivity contribution in [3.05, 3.63) is 0 Å². The van der Waals surface area contributed by atoms with Gasteiger partial charge in [-0.15, -0.1) is 0 Å². The van der Waals surface area contributed by atoms with Gasteiger partial charge in [-0.2, -0.15) is 0 Å². The van der Waals surface area contributed by atoms with E-state index in [9.17, 15) is 0 Å². The first kappa shape index (κ1) is 12.6. The monoisotopic (exact) mass is 147 g/mol. The van der Waals surface area contributed by atoms with Gasteiger partial charge in [-0.05, 0) is 26.3 Å². The molecule has 0 aromatic rings. The first-order valence-electron chi connectivity index (χ1n) is 4.63. The first-order valence-corrected chi connectivity index (χ1v) is 4.63.